The third kappa shape index (κ3) is 5.61. The Morgan fingerprint density at radius 1 is 0.974 bits per heavy atom. The SMILES string of the molecule is COc1cc(OC)c(Cl)c(-c2ccc(C(=O)O)c3nccnc23)c1Cl.Nc1ccc(Cn2ccnc2)cn1. The molecule has 0 fully saturated rings. The Morgan fingerprint density at radius 2 is 1.66 bits per heavy atom. The molecule has 38 heavy (non-hydrogen) atoms. The van der Waals surface area contributed by atoms with Crippen LogP contribution < -0.4 is 15.2 Å². The molecule has 5 rings (SSSR count). The van der Waals surface area contributed by atoms with Gasteiger partial charge in [-0.2, -0.15) is 0 Å². The lowest BCUT2D eigenvalue weighted by atomic mass is 10.00. The van der Waals surface area contributed by atoms with Gasteiger partial charge in [0.15, 0.2) is 0 Å². The number of rotatable bonds is 6. The Kier molecular flexibility index (Phi) is 8.25. The van der Waals surface area contributed by atoms with Crippen LogP contribution in [0.2, 0.25) is 10.0 Å². The van der Waals surface area contributed by atoms with Crippen LogP contribution >= 0.6 is 23.2 Å². The molecule has 3 aromatic heterocycles. The second-order valence-corrected chi connectivity index (χ2v) is 8.59. The van der Waals surface area contributed by atoms with Crippen LogP contribution in [0.25, 0.3) is 22.2 Å². The number of ether oxygens (including phenoxy) is 2. The lowest BCUT2D eigenvalue weighted by Gasteiger charge is -2.16. The molecule has 0 aliphatic rings. The number of carboxylic acid groups (broad SMARTS) is 1. The van der Waals surface area contributed by atoms with E-state index in [0.29, 0.717) is 34.0 Å². The highest BCUT2D eigenvalue weighted by Crippen LogP contribution is 2.47. The normalized spacial score (nSPS) is 10.5. The number of aromatic carboxylic acids is 1. The van der Waals surface area contributed by atoms with E-state index in [-0.39, 0.29) is 21.1 Å². The number of imidazole rings is 1. The summed E-state index contributed by atoms with van der Waals surface area (Å²) in [5.74, 6) is 0.196. The van der Waals surface area contributed by atoms with Crippen molar-refractivity contribution < 1.29 is 19.4 Å². The Hall–Kier alpha value is -4.41. The highest BCUT2D eigenvalue weighted by Gasteiger charge is 2.22. The smallest absolute Gasteiger partial charge is 0.337 e. The average Bonchev–Trinajstić information content (AvgIpc) is 3.43. The lowest BCUT2D eigenvalue weighted by Crippen LogP contribution is -2.01. The van der Waals surface area contributed by atoms with Crippen molar-refractivity contribution in [2.24, 2.45) is 0 Å². The van der Waals surface area contributed by atoms with Gasteiger partial charge in [-0.3, -0.25) is 9.97 Å². The first-order valence-electron chi connectivity index (χ1n) is 11.1. The molecule has 0 unspecified atom stereocenters. The summed E-state index contributed by atoms with van der Waals surface area (Å²) in [5, 5.41) is 9.89. The number of halogens is 2. The van der Waals surface area contributed by atoms with Crippen molar-refractivity contribution in [2.45, 2.75) is 6.54 Å². The van der Waals surface area contributed by atoms with E-state index in [1.165, 1.54) is 32.7 Å². The molecule has 0 atom stereocenters. The average molecular weight is 553 g/mol. The van der Waals surface area contributed by atoms with Crippen LogP contribution in [0, 0.1) is 0 Å². The minimum atomic E-state index is -1.10. The van der Waals surface area contributed by atoms with Crippen molar-refractivity contribution >= 4 is 46.0 Å². The molecule has 12 heteroatoms. The predicted molar refractivity (Wildman–Crippen MR) is 145 cm³/mol. The number of carbonyl (C=O) groups is 1. The Bertz CT molecular complexity index is 1550. The summed E-state index contributed by atoms with van der Waals surface area (Å²) in [6.45, 7) is 0.785. The number of nitrogens with zero attached hydrogens (tertiary/aromatic N) is 5. The Balaban J connectivity index is 0.000000216. The fourth-order valence-electron chi connectivity index (χ4n) is 3.67. The number of benzene rings is 2. The van der Waals surface area contributed by atoms with Gasteiger partial charge in [-0.1, -0.05) is 35.3 Å². The summed E-state index contributed by atoms with van der Waals surface area (Å²) in [7, 11) is 2.95. The molecule has 3 N–H and O–H groups in total. The van der Waals surface area contributed by atoms with Crippen molar-refractivity contribution in [3.63, 3.8) is 0 Å². The van der Waals surface area contributed by atoms with E-state index in [1.54, 1.807) is 36.9 Å². The van der Waals surface area contributed by atoms with Gasteiger partial charge in [0.05, 0.1) is 41.7 Å². The zero-order chi connectivity index (χ0) is 27.2. The molecule has 0 saturated carbocycles. The molecule has 0 radical (unpaired) electrons. The lowest BCUT2D eigenvalue weighted by molar-refractivity contribution is 0.0699. The van der Waals surface area contributed by atoms with Gasteiger partial charge in [-0.05, 0) is 17.7 Å². The topological polar surface area (TPSA) is 138 Å². The number of hydrogen-bond donors (Lipinski definition) is 2. The largest absolute Gasteiger partial charge is 0.495 e. The molecule has 5 aromatic rings. The minimum Gasteiger partial charge on any atom is -0.495 e. The molecule has 0 amide bonds. The van der Waals surface area contributed by atoms with Crippen molar-refractivity contribution in [2.75, 3.05) is 20.0 Å². The van der Waals surface area contributed by atoms with Crippen LogP contribution in [-0.4, -0.2) is 49.8 Å². The van der Waals surface area contributed by atoms with Crippen molar-refractivity contribution in [3.8, 4) is 22.6 Å². The number of fused-ring (bicyclic) bond motifs is 1. The van der Waals surface area contributed by atoms with Crippen LogP contribution in [0.15, 0.2) is 67.6 Å². The van der Waals surface area contributed by atoms with E-state index >= 15 is 0 Å². The third-order valence-corrected chi connectivity index (χ3v) is 6.22. The summed E-state index contributed by atoms with van der Waals surface area (Å²) in [6.07, 6.45) is 10.1. The molecule has 3 heterocycles. The van der Waals surface area contributed by atoms with Crippen LogP contribution in [0.3, 0.4) is 0 Å². The van der Waals surface area contributed by atoms with Gasteiger partial charge in [0.1, 0.15) is 22.8 Å². The predicted octanol–water partition coefficient (Wildman–Crippen LogP) is 5.23. The first-order chi connectivity index (χ1) is 18.3. The van der Waals surface area contributed by atoms with Gasteiger partial charge in [-0.25, -0.2) is 14.8 Å². The molecule has 2 aromatic carbocycles. The van der Waals surface area contributed by atoms with Crippen LogP contribution in [-0.2, 0) is 6.54 Å². The van der Waals surface area contributed by atoms with Gasteiger partial charge in [0.2, 0.25) is 0 Å². The van der Waals surface area contributed by atoms with Crippen LogP contribution in [0.1, 0.15) is 15.9 Å². The third-order valence-electron chi connectivity index (χ3n) is 5.47. The van der Waals surface area contributed by atoms with Gasteiger partial charge < -0.3 is 24.9 Å². The summed E-state index contributed by atoms with van der Waals surface area (Å²) in [6, 6.07) is 8.36. The highest BCUT2D eigenvalue weighted by atomic mass is 35.5. The summed E-state index contributed by atoms with van der Waals surface area (Å²) < 4.78 is 12.5. The maximum Gasteiger partial charge on any atom is 0.337 e. The maximum atomic E-state index is 11.4. The van der Waals surface area contributed by atoms with Gasteiger partial charge in [0, 0.05) is 54.7 Å². The summed E-state index contributed by atoms with van der Waals surface area (Å²) >= 11 is 12.9. The first-order valence-corrected chi connectivity index (χ1v) is 11.8. The number of nitrogen functional groups attached to an aromatic ring is 1. The highest BCUT2D eigenvalue weighted by molar-refractivity contribution is 6.41. The molecule has 10 nitrogen and oxygen atoms in total. The number of anilines is 1. The first kappa shape index (κ1) is 26.6. The van der Waals surface area contributed by atoms with Crippen molar-refractivity contribution in [1.82, 2.24) is 24.5 Å². The molecular formula is C26H22Cl2N6O4. The van der Waals surface area contributed by atoms with Crippen LogP contribution in [0.4, 0.5) is 5.82 Å². The molecule has 0 aliphatic heterocycles. The summed E-state index contributed by atoms with van der Waals surface area (Å²) in [4.78, 5) is 27.8. The van der Waals surface area contributed by atoms with E-state index < -0.39 is 5.97 Å². The molecule has 0 saturated heterocycles. The van der Waals surface area contributed by atoms with Gasteiger partial charge >= 0.3 is 5.97 Å². The monoisotopic (exact) mass is 552 g/mol. The summed E-state index contributed by atoms with van der Waals surface area (Å²) in [5.41, 5.74) is 8.18. The van der Waals surface area contributed by atoms with E-state index in [1.807, 2.05) is 16.8 Å². The van der Waals surface area contributed by atoms with Gasteiger partial charge in [-0.15, -0.1) is 0 Å². The number of nitrogens with two attached hydrogens (primary N) is 1. The number of hydrogen-bond acceptors (Lipinski definition) is 8. The maximum absolute atomic E-state index is 11.4. The minimum absolute atomic E-state index is 0.0361. The van der Waals surface area contributed by atoms with E-state index in [9.17, 15) is 9.90 Å². The molecule has 0 aliphatic carbocycles. The van der Waals surface area contributed by atoms with Crippen molar-refractivity contribution in [3.05, 3.63) is 88.8 Å². The number of methoxy groups -OCH3 is 2. The fourth-order valence-corrected chi connectivity index (χ4v) is 4.38. The standard InChI is InChI=1S/C17H12Cl2N2O4.C9H10N4/c1-24-10-7-11(25-2)14(19)12(13(10)18)8-3-4-9(17(22)23)16-15(8)20-5-6-21-16;10-9-2-1-8(5-12-9)6-13-4-3-11-7-13/h3-7H,1-2H3,(H,22,23);1-5,7H,6H2,(H2,10,12). The zero-order valence-corrected chi connectivity index (χ0v) is 21.8. The molecule has 0 bridgehead atoms. The Morgan fingerprint density at radius 3 is 2.21 bits per heavy atom. The number of pyridine rings is 1. The second-order valence-electron chi connectivity index (χ2n) is 7.83. The zero-order valence-electron chi connectivity index (χ0n) is 20.3. The molecular weight excluding hydrogens is 531 g/mol. The fraction of sp³-hybridized carbons (Fsp3) is 0.115. The van der Waals surface area contributed by atoms with Crippen molar-refractivity contribution in [1.29, 1.82) is 0 Å². The second kappa shape index (κ2) is 11.8. The molecule has 194 valence electrons. The number of aromatic nitrogens is 5. The van der Waals surface area contributed by atoms with Crippen LogP contribution in [0.5, 0.6) is 11.5 Å². The quantitative estimate of drug-likeness (QED) is 0.290. The Labute approximate surface area is 227 Å². The number of carboxylic acids is 1. The van der Waals surface area contributed by atoms with E-state index in [0.717, 1.165) is 12.1 Å². The molecule has 0 spiro atoms. The van der Waals surface area contributed by atoms with Gasteiger partial charge in [0.25, 0.3) is 0 Å². The van der Waals surface area contributed by atoms with E-state index in [4.69, 9.17) is 38.4 Å². The van der Waals surface area contributed by atoms with E-state index in [2.05, 4.69) is 19.9 Å².